The number of hydrogen-bond donors (Lipinski definition) is 2. The summed E-state index contributed by atoms with van der Waals surface area (Å²) in [6, 6.07) is 28.1. The third kappa shape index (κ3) is 7.73. The number of anilines is 1. The smallest absolute Gasteiger partial charge is 0.238 e. The number of aliphatic hydroxyl groups is 1. The first kappa shape index (κ1) is 25.1. The Morgan fingerprint density at radius 3 is 1.97 bits per heavy atom. The number of nitrogens with zero attached hydrogens (tertiary/aromatic N) is 2. The van der Waals surface area contributed by atoms with Crippen molar-refractivity contribution in [3.63, 3.8) is 0 Å². The SMILES string of the molecule is Cc1ccc(NC(=O)CN2CCN(C[C@H](O)COC(c3ccccc3)c3ccccc3)CC2)cc1. The van der Waals surface area contributed by atoms with Crippen LogP contribution < -0.4 is 5.32 Å². The Balaban J connectivity index is 1.21. The van der Waals surface area contributed by atoms with Crippen LogP contribution in [-0.2, 0) is 9.53 Å². The van der Waals surface area contributed by atoms with Crippen LogP contribution in [0.15, 0.2) is 84.9 Å². The molecule has 0 saturated carbocycles. The number of ether oxygens (including phenoxy) is 1. The number of carbonyl (C=O) groups excluding carboxylic acids is 1. The van der Waals surface area contributed by atoms with Gasteiger partial charge >= 0.3 is 0 Å². The van der Waals surface area contributed by atoms with E-state index in [2.05, 4.69) is 39.4 Å². The van der Waals surface area contributed by atoms with Gasteiger partial charge in [-0.1, -0.05) is 78.4 Å². The lowest BCUT2D eigenvalue weighted by atomic mass is 10.0. The molecule has 6 heteroatoms. The summed E-state index contributed by atoms with van der Waals surface area (Å²) in [6.45, 7) is 6.44. The predicted molar refractivity (Wildman–Crippen MR) is 139 cm³/mol. The van der Waals surface area contributed by atoms with Crippen LogP contribution in [0.3, 0.4) is 0 Å². The fourth-order valence-corrected chi connectivity index (χ4v) is 4.37. The number of amides is 1. The molecule has 1 aliphatic heterocycles. The maximum atomic E-state index is 12.4. The van der Waals surface area contributed by atoms with Crippen LogP contribution in [0.1, 0.15) is 22.8 Å². The van der Waals surface area contributed by atoms with E-state index in [1.54, 1.807) is 0 Å². The van der Waals surface area contributed by atoms with Crippen molar-refractivity contribution >= 4 is 11.6 Å². The van der Waals surface area contributed by atoms with Gasteiger partial charge in [-0.15, -0.1) is 0 Å². The normalized spacial score (nSPS) is 15.7. The number of aliphatic hydroxyl groups excluding tert-OH is 1. The minimum atomic E-state index is -0.582. The Labute approximate surface area is 208 Å². The molecule has 0 bridgehead atoms. The van der Waals surface area contributed by atoms with E-state index in [-0.39, 0.29) is 18.6 Å². The molecule has 0 spiro atoms. The molecular formula is C29H35N3O3. The van der Waals surface area contributed by atoms with E-state index in [4.69, 9.17) is 4.74 Å². The highest BCUT2D eigenvalue weighted by molar-refractivity contribution is 5.92. The summed E-state index contributed by atoms with van der Waals surface area (Å²) < 4.78 is 6.22. The molecule has 2 N–H and O–H groups in total. The Morgan fingerprint density at radius 2 is 1.40 bits per heavy atom. The fraction of sp³-hybridized carbons (Fsp3) is 0.345. The molecule has 3 aromatic carbocycles. The van der Waals surface area contributed by atoms with Crippen molar-refractivity contribution in [2.45, 2.75) is 19.1 Å². The van der Waals surface area contributed by atoms with Gasteiger partial charge in [0.25, 0.3) is 0 Å². The molecule has 1 aliphatic rings. The van der Waals surface area contributed by atoms with Crippen LogP contribution in [0, 0.1) is 6.92 Å². The van der Waals surface area contributed by atoms with E-state index in [9.17, 15) is 9.90 Å². The molecule has 35 heavy (non-hydrogen) atoms. The number of benzene rings is 3. The number of carbonyl (C=O) groups is 1. The molecule has 1 atom stereocenters. The summed E-state index contributed by atoms with van der Waals surface area (Å²) in [5.41, 5.74) is 4.14. The van der Waals surface area contributed by atoms with E-state index < -0.39 is 6.10 Å². The first-order chi connectivity index (χ1) is 17.1. The maximum absolute atomic E-state index is 12.4. The van der Waals surface area contributed by atoms with Gasteiger partial charge in [-0.25, -0.2) is 0 Å². The van der Waals surface area contributed by atoms with Crippen LogP contribution in [0.5, 0.6) is 0 Å². The first-order valence-corrected chi connectivity index (χ1v) is 12.3. The molecule has 1 fully saturated rings. The molecule has 1 saturated heterocycles. The van der Waals surface area contributed by atoms with Crippen molar-refractivity contribution in [2.24, 2.45) is 0 Å². The monoisotopic (exact) mass is 473 g/mol. The van der Waals surface area contributed by atoms with Gasteiger partial charge in [0.05, 0.1) is 19.3 Å². The Kier molecular flexibility index (Phi) is 9.03. The highest BCUT2D eigenvalue weighted by Crippen LogP contribution is 2.26. The summed E-state index contributed by atoms with van der Waals surface area (Å²) in [4.78, 5) is 16.8. The molecule has 184 valence electrons. The molecule has 0 aromatic heterocycles. The van der Waals surface area contributed by atoms with Crippen LogP contribution >= 0.6 is 0 Å². The number of rotatable bonds is 10. The summed E-state index contributed by atoms with van der Waals surface area (Å²) in [5, 5.41) is 13.7. The highest BCUT2D eigenvalue weighted by atomic mass is 16.5. The zero-order valence-corrected chi connectivity index (χ0v) is 20.3. The fourth-order valence-electron chi connectivity index (χ4n) is 4.37. The molecule has 0 unspecified atom stereocenters. The van der Waals surface area contributed by atoms with Crippen LogP contribution in [0.2, 0.25) is 0 Å². The van der Waals surface area contributed by atoms with Gasteiger partial charge in [-0.2, -0.15) is 0 Å². The van der Waals surface area contributed by atoms with Crippen molar-refractivity contribution in [3.8, 4) is 0 Å². The van der Waals surface area contributed by atoms with Gasteiger partial charge in [-0.05, 0) is 30.2 Å². The second kappa shape index (κ2) is 12.6. The summed E-state index contributed by atoms with van der Waals surface area (Å²) >= 11 is 0. The molecule has 4 rings (SSSR count). The third-order valence-electron chi connectivity index (χ3n) is 6.30. The Bertz CT molecular complexity index is 996. The van der Waals surface area contributed by atoms with Crippen molar-refractivity contribution in [1.82, 2.24) is 9.80 Å². The average molecular weight is 474 g/mol. The average Bonchev–Trinajstić information content (AvgIpc) is 2.88. The number of piperazine rings is 1. The number of nitrogens with one attached hydrogen (secondary N) is 1. The Hall–Kier alpha value is -3.03. The lowest BCUT2D eigenvalue weighted by molar-refractivity contribution is -0.117. The minimum Gasteiger partial charge on any atom is -0.389 e. The predicted octanol–water partition coefficient (Wildman–Crippen LogP) is 3.72. The lowest BCUT2D eigenvalue weighted by Gasteiger charge is -2.35. The zero-order chi connectivity index (χ0) is 24.5. The standard InChI is InChI=1S/C29H35N3O3/c1-23-12-14-26(15-13-23)30-28(34)21-32-18-16-31(17-19-32)20-27(33)22-35-29(24-8-4-2-5-9-24)25-10-6-3-7-11-25/h2-15,27,29,33H,16-22H2,1H3,(H,30,34)/t27-/m0/s1. The van der Waals surface area contributed by atoms with E-state index in [0.29, 0.717) is 13.1 Å². The summed E-state index contributed by atoms with van der Waals surface area (Å²) in [5.74, 6) is 0.00334. The maximum Gasteiger partial charge on any atom is 0.238 e. The molecule has 1 amide bonds. The van der Waals surface area contributed by atoms with Gasteiger partial charge in [0, 0.05) is 38.4 Å². The zero-order valence-electron chi connectivity index (χ0n) is 20.3. The Morgan fingerprint density at radius 1 is 0.857 bits per heavy atom. The second-order valence-electron chi connectivity index (χ2n) is 9.18. The van der Waals surface area contributed by atoms with Crippen molar-refractivity contribution in [1.29, 1.82) is 0 Å². The van der Waals surface area contributed by atoms with Gasteiger partial charge in [0.1, 0.15) is 6.10 Å². The quantitative estimate of drug-likeness (QED) is 0.470. The molecule has 1 heterocycles. The summed E-state index contributed by atoms with van der Waals surface area (Å²) in [6.07, 6.45) is -0.794. The van der Waals surface area contributed by atoms with Gasteiger partial charge in [0.2, 0.25) is 5.91 Å². The number of hydrogen-bond acceptors (Lipinski definition) is 5. The topological polar surface area (TPSA) is 65.0 Å². The van der Waals surface area contributed by atoms with E-state index in [1.807, 2.05) is 67.6 Å². The molecule has 0 aliphatic carbocycles. The lowest BCUT2D eigenvalue weighted by Crippen LogP contribution is -2.50. The van der Waals surface area contributed by atoms with E-state index in [0.717, 1.165) is 43.0 Å². The second-order valence-corrected chi connectivity index (χ2v) is 9.18. The first-order valence-electron chi connectivity index (χ1n) is 12.3. The van der Waals surface area contributed by atoms with Crippen molar-refractivity contribution < 1.29 is 14.6 Å². The molecule has 3 aromatic rings. The van der Waals surface area contributed by atoms with Crippen LogP contribution in [-0.4, -0.2) is 72.8 Å². The molecule has 0 radical (unpaired) electrons. The van der Waals surface area contributed by atoms with Gasteiger partial charge in [-0.3, -0.25) is 14.6 Å². The van der Waals surface area contributed by atoms with Gasteiger partial charge < -0.3 is 15.2 Å². The largest absolute Gasteiger partial charge is 0.389 e. The van der Waals surface area contributed by atoms with Crippen molar-refractivity contribution in [2.75, 3.05) is 51.2 Å². The minimum absolute atomic E-state index is 0.00334. The number of β-amino-alcohol motifs (C(OH)–C–C–N with tert-alkyl or cyclic N) is 1. The van der Waals surface area contributed by atoms with E-state index in [1.165, 1.54) is 5.56 Å². The van der Waals surface area contributed by atoms with Crippen molar-refractivity contribution in [3.05, 3.63) is 102 Å². The third-order valence-corrected chi connectivity index (χ3v) is 6.30. The van der Waals surface area contributed by atoms with E-state index >= 15 is 0 Å². The number of aryl methyl sites for hydroxylation is 1. The van der Waals surface area contributed by atoms with Crippen LogP contribution in [0.25, 0.3) is 0 Å². The summed E-state index contributed by atoms with van der Waals surface area (Å²) in [7, 11) is 0. The van der Waals surface area contributed by atoms with Crippen LogP contribution in [0.4, 0.5) is 5.69 Å². The molecular weight excluding hydrogens is 438 g/mol. The van der Waals surface area contributed by atoms with Gasteiger partial charge in [0.15, 0.2) is 0 Å². The highest BCUT2D eigenvalue weighted by Gasteiger charge is 2.22. The molecule has 6 nitrogen and oxygen atoms in total.